The third kappa shape index (κ3) is 9.00. The van der Waals surface area contributed by atoms with E-state index < -0.39 is 0 Å². The first-order valence-electron chi connectivity index (χ1n) is 7.65. The van der Waals surface area contributed by atoms with Gasteiger partial charge in [0.05, 0.1) is 0 Å². The molecule has 1 saturated carbocycles. The normalized spacial score (nSPS) is 19.4. The van der Waals surface area contributed by atoms with Crippen molar-refractivity contribution < 1.29 is 4.74 Å². The van der Waals surface area contributed by atoms with Crippen LogP contribution in [0.15, 0.2) is 4.99 Å². The fourth-order valence-electron chi connectivity index (χ4n) is 2.46. The number of aliphatic imine (C=N–C) groups is 1. The summed E-state index contributed by atoms with van der Waals surface area (Å²) in [6.45, 7) is 10.0. The number of nitrogens with one attached hydrogen (secondary N) is 1. The second-order valence-electron chi connectivity index (χ2n) is 6.31. The number of hydrogen-bond donors (Lipinski definition) is 2. The Labute approximate surface area is 141 Å². The lowest BCUT2D eigenvalue weighted by atomic mass is 9.73. The minimum atomic E-state index is 0. The molecule has 1 aliphatic rings. The van der Waals surface area contributed by atoms with Crippen LogP contribution in [0.1, 0.15) is 52.9 Å². The van der Waals surface area contributed by atoms with Gasteiger partial charge in [0.2, 0.25) is 0 Å². The van der Waals surface area contributed by atoms with Gasteiger partial charge in [-0.2, -0.15) is 0 Å². The largest absolute Gasteiger partial charge is 0.382 e. The van der Waals surface area contributed by atoms with E-state index in [1.54, 1.807) is 0 Å². The van der Waals surface area contributed by atoms with E-state index in [2.05, 4.69) is 24.2 Å². The standard InChI is InChI=1S/C15H31N3O.HI/c1-4-19-11-5-10-17-14(16)18-12-13-6-8-15(2,3)9-7-13;/h13H,4-12H2,1-3H3,(H3,16,17,18);1H. The zero-order valence-corrected chi connectivity index (χ0v) is 15.6. The highest BCUT2D eigenvalue weighted by Gasteiger charge is 2.26. The van der Waals surface area contributed by atoms with Crippen LogP contribution >= 0.6 is 24.0 Å². The van der Waals surface area contributed by atoms with Gasteiger partial charge in [0.25, 0.3) is 0 Å². The third-order valence-corrected chi connectivity index (χ3v) is 3.95. The molecule has 0 aliphatic heterocycles. The highest BCUT2D eigenvalue weighted by molar-refractivity contribution is 14.0. The van der Waals surface area contributed by atoms with Gasteiger partial charge < -0.3 is 15.8 Å². The predicted octanol–water partition coefficient (Wildman–Crippen LogP) is 3.15. The van der Waals surface area contributed by atoms with Gasteiger partial charge in [-0.05, 0) is 50.4 Å². The number of nitrogens with two attached hydrogens (primary N) is 1. The van der Waals surface area contributed by atoms with Gasteiger partial charge in [-0.15, -0.1) is 24.0 Å². The second-order valence-corrected chi connectivity index (χ2v) is 6.31. The zero-order valence-electron chi connectivity index (χ0n) is 13.3. The number of ether oxygens (including phenoxy) is 1. The summed E-state index contributed by atoms with van der Waals surface area (Å²) in [7, 11) is 0. The Morgan fingerprint density at radius 1 is 1.35 bits per heavy atom. The Balaban J connectivity index is 0.00000361. The molecule has 0 radical (unpaired) electrons. The summed E-state index contributed by atoms with van der Waals surface area (Å²) in [5.41, 5.74) is 6.39. The van der Waals surface area contributed by atoms with Gasteiger partial charge in [-0.3, -0.25) is 4.99 Å². The van der Waals surface area contributed by atoms with Crippen LogP contribution in [0.2, 0.25) is 0 Å². The molecule has 0 saturated heterocycles. The van der Waals surface area contributed by atoms with Gasteiger partial charge in [-0.1, -0.05) is 13.8 Å². The quantitative estimate of drug-likeness (QED) is 0.300. The Hall–Kier alpha value is -0.0400. The van der Waals surface area contributed by atoms with Crippen LogP contribution in [0.25, 0.3) is 0 Å². The molecule has 0 bridgehead atoms. The number of nitrogens with zero attached hydrogens (tertiary/aromatic N) is 1. The molecule has 0 heterocycles. The maximum absolute atomic E-state index is 5.86. The predicted molar refractivity (Wildman–Crippen MR) is 96.8 cm³/mol. The highest BCUT2D eigenvalue weighted by Crippen LogP contribution is 2.37. The molecule has 0 aromatic heterocycles. The number of guanidine groups is 1. The van der Waals surface area contributed by atoms with Crippen LogP contribution in [0.5, 0.6) is 0 Å². The molecule has 0 aromatic carbocycles. The average molecular weight is 397 g/mol. The smallest absolute Gasteiger partial charge is 0.188 e. The molecule has 120 valence electrons. The van der Waals surface area contributed by atoms with E-state index in [1.807, 2.05) is 6.92 Å². The summed E-state index contributed by atoms with van der Waals surface area (Å²) in [5.74, 6) is 1.30. The van der Waals surface area contributed by atoms with Crippen LogP contribution < -0.4 is 11.1 Å². The Morgan fingerprint density at radius 2 is 2.00 bits per heavy atom. The fourth-order valence-corrected chi connectivity index (χ4v) is 2.46. The van der Waals surface area contributed by atoms with Gasteiger partial charge in [0.1, 0.15) is 0 Å². The van der Waals surface area contributed by atoms with E-state index in [0.29, 0.717) is 11.4 Å². The van der Waals surface area contributed by atoms with Crippen LogP contribution in [0.4, 0.5) is 0 Å². The van der Waals surface area contributed by atoms with Crippen molar-refractivity contribution >= 4 is 29.9 Å². The van der Waals surface area contributed by atoms with Crippen molar-refractivity contribution in [2.45, 2.75) is 52.9 Å². The molecule has 0 unspecified atom stereocenters. The number of hydrogen-bond acceptors (Lipinski definition) is 2. The zero-order chi connectivity index (χ0) is 14.1. The van der Waals surface area contributed by atoms with E-state index in [0.717, 1.165) is 38.6 Å². The topological polar surface area (TPSA) is 59.6 Å². The van der Waals surface area contributed by atoms with Gasteiger partial charge >= 0.3 is 0 Å². The summed E-state index contributed by atoms with van der Waals surface area (Å²) in [6.07, 6.45) is 6.17. The first kappa shape index (κ1) is 20.0. The van der Waals surface area contributed by atoms with E-state index in [9.17, 15) is 0 Å². The third-order valence-electron chi connectivity index (χ3n) is 3.95. The van der Waals surface area contributed by atoms with E-state index in [-0.39, 0.29) is 24.0 Å². The Kier molecular flexibility index (Phi) is 10.6. The lowest BCUT2D eigenvalue weighted by Gasteiger charge is -2.33. The van der Waals surface area contributed by atoms with Crippen molar-refractivity contribution in [2.24, 2.45) is 22.1 Å². The molecule has 1 aliphatic carbocycles. The van der Waals surface area contributed by atoms with E-state index >= 15 is 0 Å². The summed E-state index contributed by atoms with van der Waals surface area (Å²) in [6, 6.07) is 0. The molecule has 3 N–H and O–H groups in total. The molecule has 5 heteroatoms. The summed E-state index contributed by atoms with van der Waals surface area (Å²) < 4.78 is 5.27. The summed E-state index contributed by atoms with van der Waals surface area (Å²) in [5, 5.41) is 3.15. The molecule has 1 fully saturated rings. The van der Waals surface area contributed by atoms with Crippen molar-refractivity contribution in [1.29, 1.82) is 0 Å². The Bertz CT molecular complexity index is 272. The van der Waals surface area contributed by atoms with E-state index in [4.69, 9.17) is 10.5 Å². The van der Waals surface area contributed by atoms with Crippen molar-refractivity contribution in [3.05, 3.63) is 0 Å². The van der Waals surface area contributed by atoms with Crippen molar-refractivity contribution in [1.82, 2.24) is 5.32 Å². The molecule has 4 nitrogen and oxygen atoms in total. The first-order chi connectivity index (χ1) is 9.03. The molecule has 0 amide bonds. The van der Waals surface area contributed by atoms with Gasteiger partial charge in [-0.25, -0.2) is 0 Å². The maximum atomic E-state index is 5.86. The minimum Gasteiger partial charge on any atom is -0.382 e. The lowest BCUT2D eigenvalue weighted by molar-refractivity contribution is 0.145. The molecule has 1 rings (SSSR count). The van der Waals surface area contributed by atoms with Gasteiger partial charge in [0.15, 0.2) is 5.96 Å². The van der Waals surface area contributed by atoms with Crippen LogP contribution in [-0.2, 0) is 4.74 Å². The number of rotatable bonds is 7. The summed E-state index contributed by atoms with van der Waals surface area (Å²) >= 11 is 0. The van der Waals surface area contributed by atoms with Crippen LogP contribution in [0, 0.1) is 11.3 Å². The van der Waals surface area contributed by atoms with Crippen molar-refractivity contribution in [3.8, 4) is 0 Å². The van der Waals surface area contributed by atoms with Gasteiger partial charge in [0, 0.05) is 26.3 Å². The minimum absolute atomic E-state index is 0. The first-order valence-corrected chi connectivity index (χ1v) is 7.65. The molecule has 20 heavy (non-hydrogen) atoms. The average Bonchev–Trinajstić information content (AvgIpc) is 2.37. The van der Waals surface area contributed by atoms with Crippen LogP contribution in [0.3, 0.4) is 0 Å². The highest BCUT2D eigenvalue weighted by atomic mass is 127. The van der Waals surface area contributed by atoms with Crippen molar-refractivity contribution in [3.63, 3.8) is 0 Å². The monoisotopic (exact) mass is 397 g/mol. The summed E-state index contributed by atoms with van der Waals surface area (Å²) in [4.78, 5) is 4.46. The molecular formula is C15H32IN3O. The molecule has 0 atom stereocenters. The second kappa shape index (κ2) is 10.7. The fraction of sp³-hybridized carbons (Fsp3) is 0.933. The van der Waals surface area contributed by atoms with Crippen LogP contribution in [-0.4, -0.2) is 32.3 Å². The van der Waals surface area contributed by atoms with Crippen molar-refractivity contribution in [2.75, 3.05) is 26.3 Å². The SMILES string of the molecule is CCOCCCNC(N)=NCC1CCC(C)(C)CC1.I. The number of halogens is 1. The molecule has 0 spiro atoms. The lowest BCUT2D eigenvalue weighted by Crippen LogP contribution is -2.33. The molecular weight excluding hydrogens is 365 g/mol. The van der Waals surface area contributed by atoms with E-state index in [1.165, 1.54) is 25.7 Å². The Morgan fingerprint density at radius 3 is 2.60 bits per heavy atom. The molecule has 0 aromatic rings. The maximum Gasteiger partial charge on any atom is 0.188 e.